The predicted octanol–water partition coefficient (Wildman–Crippen LogP) is -7.50. The molecule has 11 amide bonds. The highest BCUT2D eigenvalue weighted by Gasteiger charge is 2.40. The molecule has 45 nitrogen and oxygen atoms in total. The summed E-state index contributed by atoms with van der Waals surface area (Å²) in [5.74, 6) is -40.0. The smallest absolute Gasteiger partial charge is 0.407 e. The Morgan fingerprint density at radius 2 is 0.462 bits per heavy atom. The molecule has 22 N–H and O–H groups in total. The monoisotopic (exact) mass is 1490 g/mol. The number of thiol groups is 1. The van der Waals surface area contributed by atoms with Crippen molar-refractivity contribution in [3.8, 4) is 11.1 Å². The third kappa shape index (κ3) is 28.3. The van der Waals surface area contributed by atoms with Gasteiger partial charge in [0.2, 0.25) is 59.1 Å². The Morgan fingerprint density at radius 1 is 0.279 bits per heavy atom. The van der Waals surface area contributed by atoms with Gasteiger partial charge in [0.25, 0.3) is 0 Å². The minimum absolute atomic E-state index is 0.243. The fourth-order valence-electron chi connectivity index (χ4n) is 9.53. The number of benzene rings is 2. The quantitative estimate of drug-likeness (QED) is 0.0274. The van der Waals surface area contributed by atoms with E-state index in [0.717, 1.165) is 22.3 Å². The van der Waals surface area contributed by atoms with Crippen molar-refractivity contribution in [3.63, 3.8) is 0 Å². The molecule has 0 bridgehead atoms. The Bertz CT molecular complexity index is 3690. The lowest BCUT2D eigenvalue weighted by molar-refractivity contribution is -0.148. The molecule has 0 aromatic heterocycles. The van der Waals surface area contributed by atoms with Crippen LogP contribution in [0.5, 0.6) is 0 Å². The van der Waals surface area contributed by atoms with Gasteiger partial charge in [0.1, 0.15) is 73.1 Å². The number of hydrogen-bond donors (Lipinski definition) is 23. The van der Waals surface area contributed by atoms with Crippen LogP contribution in [0.25, 0.3) is 11.1 Å². The molecule has 104 heavy (non-hydrogen) atoms. The van der Waals surface area contributed by atoms with Crippen LogP contribution in [0.4, 0.5) is 4.79 Å². The number of hydrogen-bond acceptors (Lipinski definition) is 24. The van der Waals surface area contributed by atoms with Crippen LogP contribution in [-0.2, 0) is 105 Å². The summed E-state index contributed by atoms with van der Waals surface area (Å²) >= 11 is 4.03. The minimum Gasteiger partial charge on any atom is -0.481 e. The Hall–Kier alpha value is -13.1. The topological polar surface area (TPSA) is 740 Å². The summed E-state index contributed by atoms with van der Waals surface area (Å²) < 4.78 is 5.43. The predicted molar refractivity (Wildman–Crippen MR) is 335 cm³/mol. The van der Waals surface area contributed by atoms with Crippen LogP contribution in [0.1, 0.15) is 81.3 Å². The average molecular weight is 1490 g/mol. The standard InChI is InChI=1S/C58H67N11O34S/c70-37(71)9-26(47(90)60-28(11-39(74)75)49(92)62-30(13-41(78)79)51(94)64-32(15-43(82)83)53(96)66-34(17-45(86)87)55(98)68-35(57(100)101)18-46(88)89)59-48(91)27(10-38(72)73)61-50(93)29(12-40(76)77)63-52(95)31(14-42(80)81)65-54(97)33(16-44(84)85)67-56(99)36(20-104)69-58(102)103-19-25-23-7-3-1-5-21(23)22-6-2-4-8-24(22)25/h1-8,25-36,104H,9-20H2,(H,59,91)(H,60,90)(H,61,93)(H,62,92)(H,63,95)(H,64,94)(H,65,97)(H,66,96)(H,67,99)(H,68,98)(H,69,102)(H,70,71)(H,72,73)(H,74,75)(H,76,77)(H,78,79)(H,80,81)(H,82,83)(H,84,85)(H,86,87)(H,88,89)(H,100,101)/t26-,27-,28-,29-,30-,31-,32-,33-,34-,35-,36-/m0/s1. The molecule has 0 saturated carbocycles. The van der Waals surface area contributed by atoms with Crippen molar-refractivity contribution in [2.24, 2.45) is 0 Å². The first-order valence-electron chi connectivity index (χ1n) is 29.8. The fraction of sp³-hybridized carbons (Fsp3) is 0.414. The van der Waals surface area contributed by atoms with E-state index in [-0.39, 0.29) is 6.61 Å². The average Bonchev–Trinajstić information content (AvgIpc) is 1.61. The van der Waals surface area contributed by atoms with E-state index in [2.05, 4.69) is 17.9 Å². The summed E-state index contributed by atoms with van der Waals surface area (Å²) in [6.07, 6.45) is -16.2. The molecule has 3 rings (SSSR count). The van der Waals surface area contributed by atoms with Gasteiger partial charge < -0.3 is 119 Å². The zero-order valence-electron chi connectivity index (χ0n) is 53.3. The molecular formula is C58H67N11O34S. The van der Waals surface area contributed by atoms with Crippen molar-refractivity contribution in [2.45, 2.75) is 137 Å². The van der Waals surface area contributed by atoms with Gasteiger partial charge in [-0.05, 0) is 22.3 Å². The molecular weight excluding hydrogens is 1430 g/mol. The second-order valence-corrected chi connectivity index (χ2v) is 22.5. The highest BCUT2D eigenvalue weighted by molar-refractivity contribution is 7.80. The summed E-state index contributed by atoms with van der Waals surface area (Å²) in [7, 11) is 0. The van der Waals surface area contributed by atoms with Crippen LogP contribution in [-0.4, -0.2) is 266 Å². The van der Waals surface area contributed by atoms with Gasteiger partial charge in [0, 0.05) is 11.7 Å². The zero-order valence-corrected chi connectivity index (χ0v) is 54.2. The summed E-state index contributed by atoms with van der Waals surface area (Å²) in [6.45, 7) is -0.243. The van der Waals surface area contributed by atoms with E-state index in [0.29, 0.717) is 0 Å². The first-order chi connectivity index (χ1) is 48.6. The van der Waals surface area contributed by atoms with Gasteiger partial charge in [-0.15, -0.1) is 0 Å². The molecule has 0 fully saturated rings. The third-order valence-electron chi connectivity index (χ3n) is 14.2. The van der Waals surface area contributed by atoms with Gasteiger partial charge in [0.15, 0.2) is 0 Å². The fourth-order valence-corrected chi connectivity index (χ4v) is 9.79. The van der Waals surface area contributed by atoms with Gasteiger partial charge in [0.05, 0.1) is 64.2 Å². The number of carbonyl (C=O) groups excluding carboxylic acids is 11. The van der Waals surface area contributed by atoms with Gasteiger partial charge >= 0.3 is 71.8 Å². The summed E-state index contributed by atoms with van der Waals surface area (Å²) in [4.78, 5) is 279. The molecule has 0 radical (unpaired) electrons. The number of carboxylic acid groups (broad SMARTS) is 11. The molecule has 0 heterocycles. The van der Waals surface area contributed by atoms with Crippen molar-refractivity contribution in [3.05, 3.63) is 59.7 Å². The Kier molecular flexibility index (Phi) is 33.0. The maximum absolute atomic E-state index is 13.8. The SMILES string of the molecule is O=C(O)C[C@H](NC(=O)[C@H](CC(=O)O)NC(=O)[C@H](CC(=O)O)NC(=O)[C@H](CC(=O)O)NC(=O)[C@H](CC(=O)O)NC(=O)[C@H](CC(=O)O)NC(=O)[C@H](CC(=O)O)NC(=O)[C@H](CC(=O)O)NC(=O)[C@H](CC(=O)O)NC(=O)[C@H](CC(=O)O)NC(=O)[C@H](CS)NC(=O)OCC1c2ccccc2-c2ccccc21)C(=O)O. The Morgan fingerprint density at radius 3 is 0.654 bits per heavy atom. The van der Waals surface area contributed by atoms with Gasteiger partial charge in [-0.25, -0.2) is 9.59 Å². The molecule has 564 valence electrons. The van der Waals surface area contributed by atoms with Crippen molar-refractivity contribution in [1.82, 2.24) is 58.5 Å². The molecule has 0 saturated heterocycles. The van der Waals surface area contributed by atoms with Crippen molar-refractivity contribution in [2.75, 3.05) is 12.4 Å². The van der Waals surface area contributed by atoms with Gasteiger partial charge in [-0.1, -0.05) is 48.5 Å². The maximum Gasteiger partial charge on any atom is 0.407 e. The normalized spacial score (nSPS) is 14.3. The molecule has 1 aliphatic carbocycles. The molecule has 2 aromatic carbocycles. The summed E-state index contributed by atoms with van der Waals surface area (Å²) in [5.41, 5.74) is 3.39. The van der Waals surface area contributed by atoms with E-state index in [9.17, 15) is 157 Å². The van der Waals surface area contributed by atoms with E-state index in [4.69, 9.17) is 9.84 Å². The van der Waals surface area contributed by atoms with E-state index in [1.165, 1.54) is 0 Å². The number of alkyl carbamates (subject to hydrolysis) is 1. The number of carboxylic acids is 11. The molecule has 46 heteroatoms. The van der Waals surface area contributed by atoms with Crippen LogP contribution < -0.4 is 58.5 Å². The highest BCUT2D eigenvalue weighted by atomic mass is 32.1. The summed E-state index contributed by atoms with van der Waals surface area (Å²) in [5, 5.41) is 124. The lowest BCUT2D eigenvalue weighted by atomic mass is 9.98. The van der Waals surface area contributed by atoms with Crippen molar-refractivity contribution in [1.29, 1.82) is 0 Å². The molecule has 0 aliphatic heterocycles. The minimum atomic E-state index is -2.61. The largest absolute Gasteiger partial charge is 0.481 e. The number of ether oxygens (including phenoxy) is 1. The molecule has 0 spiro atoms. The number of carbonyl (C=O) groups is 22. The third-order valence-corrected chi connectivity index (χ3v) is 14.6. The zero-order chi connectivity index (χ0) is 78.6. The van der Waals surface area contributed by atoms with E-state index in [1.807, 2.05) is 47.0 Å². The second kappa shape index (κ2) is 40.2. The number of nitrogens with one attached hydrogen (secondary N) is 11. The van der Waals surface area contributed by atoms with Crippen LogP contribution >= 0.6 is 12.6 Å². The lowest BCUT2D eigenvalue weighted by Crippen LogP contribution is -2.61. The van der Waals surface area contributed by atoms with E-state index < -0.39 is 273 Å². The number of aliphatic carboxylic acids is 11. The van der Waals surface area contributed by atoms with Crippen LogP contribution in [0.2, 0.25) is 0 Å². The number of amides is 11. The molecule has 11 atom stereocenters. The first kappa shape index (κ1) is 85.2. The first-order valence-corrected chi connectivity index (χ1v) is 30.4. The molecule has 1 aliphatic rings. The lowest BCUT2D eigenvalue weighted by Gasteiger charge is -2.27. The Labute approximate surface area is 586 Å². The van der Waals surface area contributed by atoms with Gasteiger partial charge in [-0.2, -0.15) is 12.6 Å². The van der Waals surface area contributed by atoms with Crippen molar-refractivity contribution >= 4 is 143 Å². The highest BCUT2D eigenvalue weighted by Crippen LogP contribution is 2.44. The molecule has 0 unspecified atom stereocenters. The van der Waals surface area contributed by atoms with Crippen LogP contribution in [0.15, 0.2) is 48.5 Å². The van der Waals surface area contributed by atoms with Gasteiger partial charge in [-0.3, -0.25) is 95.9 Å². The van der Waals surface area contributed by atoms with E-state index in [1.54, 1.807) is 54.7 Å². The Balaban J connectivity index is 1.85. The van der Waals surface area contributed by atoms with Crippen molar-refractivity contribution < 1.29 is 166 Å². The van der Waals surface area contributed by atoms with Crippen LogP contribution in [0, 0.1) is 0 Å². The van der Waals surface area contributed by atoms with Crippen LogP contribution in [0.3, 0.4) is 0 Å². The molecule has 2 aromatic rings. The number of rotatable bonds is 45. The maximum atomic E-state index is 13.8. The number of fused-ring (bicyclic) bond motifs is 3. The second-order valence-electron chi connectivity index (χ2n) is 22.1. The van der Waals surface area contributed by atoms with E-state index >= 15 is 0 Å². The summed E-state index contributed by atoms with van der Waals surface area (Å²) in [6, 6.07) is -11.9.